The molecule has 4 rings (SSSR count). The van der Waals surface area contributed by atoms with Gasteiger partial charge in [0, 0.05) is 35.6 Å². The Balaban J connectivity index is 1.80. The quantitative estimate of drug-likeness (QED) is 0.402. The fraction of sp³-hybridized carbons (Fsp3) is 0.400. The van der Waals surface area contributed by atoms with Gasteiger partial charge in [-0.1, -0.05) is 23.2 Å². The van der Waals surface area contributed by atoms with Gasteiger partial charge in [-0.2, -0.15) is 5.10 Å². The number of carbonyl (C=O) groups is 2. The summed E-state index contributed by atoms with van der Waals surface area (Å²) in [6, 6.07) is 8.71. The SMILES string of the molecule is Cn1nc(C(=O)N2CCCC2)c2ccc(N(CC(=O)OC(C)(C)C)S(=O)(=O)c3cc(Cl)cc(Cl)c3)cc21. The molecule has 198 valence electrons. The topological polar surface area (TPSA) is 102 Å². The van der Waals surface area contributed by atoms with Crippen molar-refractivity contribution in [3.05, 3.63) is 52.1 Å². The number of rotatable bonds is 6. The highest BCUT2D eigenvalue weighted by Crippen LogP contribution is 2.31. The summed E-state index contributed by atoms with van der Waals surface area (Å²) in [5.41, 5.74) is 0.211. The summed E-state index contributed by atoms with van der Waals surface area (Å²) < 4.78 is 35.4. The van der Waals surface area contributed by atoms with Crippen molar-refractivity contribution in [2.24, 2.45) is 7.05 Å². The maximum Gasteiger partial charge on any atom is 0.327 e. The Labute approximate surface area is 225 Å². The largest absolute Gasteiger partial charge is 0.459 e. The number of likely N-dealkylation sites (tertiary alicyclic amines) is 1. The first-order valence-electron chi connectivity index (χ1n) is 11.7. The lowest BCUT2D eigenvalue weighted by molar-refractivity contribution is -0.152. The van der Waals surface area contributed by atoms with Crippen LogP contribution >= 0.6 is 23.2 Å². The lowest BCUT2D eigenvalue weighted by Gasteiger charge is -2.26. The zero-order chi connectivity index (χ0) is 27.1. The predicted octanol–water partition coefficient (Wildman–Crippen LogP) is 4.65. The Morgan fingerprint density at radius 1 is 1.05 bits per heavy atom. The molecule has 0 saturated carbocycles. The number of ether oxygens (including phenoxy) is 1. The first-order chi connectivity index (χ1) is 17.3. The lowest BCUT2D eigenvalue weighted by atomic mass is 10.1. The summed E-state index contributed by atoms with van der Waals surface area (Å²) in [6.07, 6.45) is 1.90. The minimum atomic E-state index is -4.30. The second-order valence-electron chi connectivity index (χ2n) is 9.88. The molecule has 1 saturated heterocycles. The third-order valence-electron chi connectivity index (χ3n) is 5.84. The van der Waals surface area contributed by atoms with Gasteiger partial charge >= 0.3 is 5.97 Å². The zero-order valence-corrected chi connectivity index (χ0v) is 23.3. The predicted molar refractivity (Wildman–Crippen MR) is 143 cm³/mol. The summed E-state index contributed by atoms with van der Waals surface area (Å²) >= 11 is 12.2. The molecule has 1 amide bonds. The lowest BCUT2D eigenvalue weighted by Crippen LogP contribution is -2.39. The third-order valence-corrected chi connectivity index (χ3v) is 8.02. The number of aromatic nitrogens is 2. The van der Waals surface area contributed by atoms with Crippen molar-refractivity contribution >= 4 is 61.7 Å². The molecular formula is C25H28Cl2N4O5S. The van der Waals surface area contributed by atoms with E-state index in [1.165, 1.54) is 22.9 Å². The van der Waals surface area contributed by atoms with E-state index in [-0.39, 0.29) is 26.5 Å². The van der Waals surface area contributed by atoms with Crippen LogP contribution in [0.5, 0.6) is 0 Å². The van der Waals surface area contributed by atoms with Crippen LogP contribution in [0, 0.1) is 0 Å². The Kier molecular flexibility index (Phi) is 7.47. The number of anilines is 1. The highest BCUT2D eigenvalue weighted by Gasteiger charge is 2.31. The Morgan fingerprint density at radius 2 is 1.68 bits per heavy atom. The molecule has 0 bridgehead atoms. The summed E-state index contributed by atoms with van der Waals surface area (Å²) in [5.74, 6) is -0.901. The van der Waals surface area contributed by atoms with Gasteiger partial charge in [0.25, 0.3) is 15.9 Å². The summed E-state index contributed by atoms with van der Waals surface area (Å²) in [7, 11) is -2.62. The van der Waals surface area contributed by atoms with E-state index in [2.05, 4.69) is 5.10 Å². The molecule has 0 spiro atoms. The van der Waals surface area contributed by atoms with E-state index < -0.39 is 28.1 Å². The van der Waals surface area contributed by atoms with Gasteiger partial charge in [-0.05, 0) is 70.0 Å². The van der Waals surface area contributed by atoms with Crippen LogP contribution in [0.4, 0.5) is 5.69 Å². The van der Waals surface area contributed by atoms with Gasteiger partial charge < -0.3 is 9.64 Å². The van der Waals surface area contributed by atoms with E-state index in [4.69, 9.17) is 27.9 Å². The van der Waals surface area contributed by atoms with Crippen LogP contribution in [0.25, 0.3) is 10.9 Å². The first-order valence-corrected chi connectivity index (χ1v) is 13.9. The number of hydrogen-bond acceptors (Lipinski definition) is 6. The van der Waals surface area contributed by atoms with E-state index >= 15 is 0 Å². The first kappa shape index (κ1) is 27.2. The van der Waals surface area contributed by atoms with Crippen molar-refractivity contribution in [1.29, 1.82) is 0 Å². The van der Waals surface area contributed by atoms with E-state index in [0.717, 1.165) is 17.1 Å². The van der Waals surface area contributed by atoms with E-state index in [0.29, 0.717) is 29.7 Å². The fourth-order valence-electron chi connectivity index (χ4n) is 4.24. The zero-order valence-electron chi connectivity index (χ0n) is 21.0. The van der Waals surface area contributed by atoms with Gasteiger partial charge in [0.15, 0.2) is 5.69 Å². The molecule has 0 N–H and O–H groups in total. The van der Waals surface area contributed by atoms with Crippen LogP contribution in [0.2, 0.25) is 10.0 Å². The van der Waals surface area contributed by atoms with Crippen LogP contribution in [0.1, 0.15) is 44.1 Å². The number of benzene rings is 2. The molecule has 2 aromatic carbocycles. The number of nitrogens with zero attached hydrogens (tertiary/aromatic N) is 4. The van der Waals surface area contributed by atoms with Gasteiger partial charge in [-0.15, -0.1) is 0 Å². The van der Waals surface area contributed by atoms with Gasteiger partial charge in [0.05, 0.1) is 16.1 Å². The molecule has 0 aliphatic carbocycles. The molecule has 1 aliphatic heterocycles. The molecule has 37 heavy (non-hydrogen) atoms. The van der Waals surface area contributed by atoms with Gasteiger partial charge in [0.1, 0.15) is 12.1 Å². The standard InChI is InChI=1S/C25H28Cl2N4O5S/c1-25(2,3)36-22(32)15-31(37(34,35)19-12-16(26)11-17(27)13-19)18-7-8-20-21(14-18)29(4)28-23(20)24(33)30-9-5-6-10-30/h7-8,11-14H,5-6,9-10,15H2,1-4H3. The van der Waals surface area contributed by atoms with Crippen LogP contribution in [0.3, 0.4) is 0 Å². The van der Waals surface area contributed by atoms with Crippen molar-refractivity contribution in [1.82, 2.24) is 14.7 Å². The van der Waals surface area contributed by atoms with Crippen LogP contribution < -0.4 is 4.31 Å². The van der Waals surface area contributed by atoms with Crippen molar-refractivity contribution < 1.29 is 22.7 Å². The van der Waals surface area contributed by atoms with E-state index in [9.17, 15) is 18.0 Å². The van der Waals surface area contributed by atoms with Crippen LogP contribution in [-0.4, -0.2) is 60.2 Å². The molecular weight excluding hydrogens is 539 g/mol. The number of fused-ring (bicyclic) bond motifs is 1. The maximum absolute atomic E-state index is 13.8. The van der Waals surface area contributed by atoms with E-state index in [1.807, 2.05) is 0 Å². The van der Waals surface area contributed by atoms with Crippen molar-refractivity contribution in [2.75, 3.05) is 23.9 Å². The summed E-state index contributed by atoms with van der Waals surface area (Å²) in [5, 5.41) is 5.27. The molecule has 0 atom stereocenters. The number of aryl methyl sites for hydroxylation is 1. The summed E-state index contributed by atoms with van der Waals surface area (Å²) in [4.78, 5) is 27.4. The average molecular weight is 567 g/mol. The molecule has 2 heterocycles. The van der Waals surface area contributed by atoms with Crippen molar-refractivity contribution in [3.63, 3.8) is 0 Å². The smallest absolute Gasteiger partial charge is 0.327 e. The number of esters is 1. The number of carbonyl (C=O) groups excluding carboxylic acids is 2. The molecule has 9 nitrogen and oxygen atoms in total. The number of hydrogen-bond donors (Lipinski definition) is 0. The molecule has 1 fully saturated rings. The molecule has 0 radical (unpaired) electrons. The highest BCUT2D eigenvalue weighted by molar-refractivity contribution is 7.92. The molecule has 0 unspecified atom stereocenters. The molecule has 1 aliphatic rings. The van der Waals surface area contributed by atoms with Crippen molar-refractivity contribution in [3.8, 4) is 0 Å². The van der Waals surface area contributed by atoms with Crippen molar-refractivity contribution in [2.45, 2.75) is 44.1 Å². The average Bonchev–Trinajstić information content (AvgIpc) is 3.43. The number of halogens is 2. The fourth-order valence-corrected chi connectivity index (χ4v) is 6.37. The normalized spacial score (nSPS) is 14.3. The molecule has 1 aromatic heterocycles. The molecule has 12 heteroatoms. The number of sulfonamides is 1. The Morgan fingerprint density at radius 3 is 2.27 bits per heavy atom. The molecule has 3 aromatic rings. The number of amides is 1. The minimum Gasteiger partial charge on any atom is -0.459 e. The Bertz CT molecular complexity index is 1450. The summed E-state index contributed by atoms with van der Waals surface area (Å²) in [6.45, 7) is 5.86. The Hall–Kier alpha value is -2.82. The van der Waals surface area contributed by atoms with Gasteiger partial charge in [-0.25, -0.2) is 8.42 Å². The van der Waals surface area contributed by atoms with Gasteiger partial charge in [0.2, 0.25) is 0 Å². The highest BCUT2D eigenvalue weighted by atomic mass is 35.5. The maximum atomic E-state index is 13.8. The monoisotopic (exact) mass is 566 g/mol. The van der Waals surface area contributed by atoms with Crippen LogP contribution in [0.15, 0.2) is 41.3 Å². The van der Waals surface area contributed by atoms with E-state index in [1.54, 1.807) is 50.9 Å². The second kappa shape index (κ2) is 10.2. The van der Waals surface area contributed by atoms with Gasteiger partial charge in [-0.3, -0.25) is 18.6 Å². The second-order valence-corrected chi connectivity index (χ2v) is 12.6. The third kappa shape index (κ3) is 5.86. The minimum absolute atomic E-state index is 0.135. The van der Waals surface area contributed by atoms with Crippen LogP contribution in [-0.2, 0) is 26.6 Å².